The number of hydrogen-bond acceptors (Lipinski definition) is 2. The molecular formula is C13H18OS. The van der Waals surface area contributed by atoms with Crippen molar-refractivity contribution < 1.29 is 4.79 Å². The van der Waals surface area contributed by atoms with E-state index in [0.29, 0.717) is 11.7 Å². The molecule has 0 aliphatic heterocycles. The molecule has 0 bridgehead atoms. The van der Waals surface area contributed by atoms with Gasteiger partial charge in [0.2, 0.25) is 0 Å². The van der Waals surface area contributed by atoms with Crippen LogP contribution >= 0.6 is 11.3 Å². The molecule has 82 valence electrons. The van der Waals surface area contributed by atoms with Crippen molar-refractivity contribution in [3.05, 3.63) is 22.4 Å². The van der Waals surface area contributed by atoms with Crippen LogP contribution in [0.15, 0.2) is 17.5 Å². The SMILES string of the molecule is O=C1CCCCC(CCc2cccs2)C1. The molecule has 1 aromatic heterocycles. The fourth-order valence-electron chi connectivity index (χ4n) is 2.33. The third kappa shape index (κ3) is 3.45. The molecule has 15 heavy (non-hydrogen) atoms. The molecule has 0 saturated heterocycles. The Labute approximate surface area is 95.5 Å². The monoisotopic (exact) mass is 222 g/mol. The van der Waals surface area contributed by atoms with E-state index in [0.717, 1.165) is 25.7 Å². The van der Waals surface area contributed by atoms with Crippen LogP contribution in [-0.2, 0) is 11.2 Å². The number of thiophene rings is 1. The van der Waals surface area contributed by atoms with E-state index < -0.39 is 0 Å². The Bertz CT molecular complexity index is 302. The first-order valence-electron chi connectivity index (χ1n) is 5.88. The van der Waals surface area contributed by atoms with E-state index >= 15 is 0 Å². The zero-order valence-electron chi connectivity index (χ0n) is 9.08. The van der Waals surface area contributed by atoms with Gasteiger partial charge in [0.15, 0.2) is 0 Å². The van der Waals surface area contributed by atoms with Gasteiger partial charge in [0.1, 0.15) is 5.78 Å². The molecule has 1 saturated carbocycles. The second kappa shape index (κ2) is 5.45. The van der Waals surface area contributed by atoms with Crippen LogP contribution in [0.2, 0.25) is 0 Å². The zero-order chi connectivity index (χ0) is 10.5. The first-order chi connectivity index (χ1) is 7.34. The van der Waals surface area contributed by atoms with Gasteiger partial charge in [-0.25, -0.2) is 0 Å². The van der Waals surface area contributed by atoms with Gasteiger partial charge >= 0.3 is 0 Å². The van der Waals surface area contributed by atoms with E-state index in [1.54, 1.807) is 0 Å². The minimum Gasteiger partial charge on any atom is -0.300 e. The number of aryl methyl sites for hydroxylation is 1. The third-order valence-electron chi connectivity index (χ3n) is 3.21. The van der Waals surface area contributed by atoms with E-state index in [9.17, 15) is 4.79 Å². The van der Waals surface area contributed by atoms with E-state index in [1.807, 2.05) is 11.3 Å². The van der Waals surface area contributed by atoms with Crippen molar-refractivity contribution in [2.45, 2.75) is 44.9 Å². The molecule has 1 aliphatic carbocycles. The minimum atomic E-state index is 0.490. The highest BCUT2D eigenvalue weighted by Gasteiger charge is 2.17. The topological polar surface area (TPSA) is 17.1 Å². The van der Waals surface area contributed by atoms with Crippen molar-refractivity contribution in [3.8, 4) is 0 Å². The fraction of sp³-hybridized carbons (Fsp3) is 0.615. The molecule has 1 heterocycles. The highest BCUT2D eigenvalue weighted by Crippen LogP contribution is 2.25. The molecule has 0 amide bonds. The van der Waals surface area contributed by atoms with Crippen molar-refractivity contribution in [3.63, 3.8) is 0 Å². The Morgan fingerprint density at radius 1 is 1.40 bits per heavy atom. The smallest absolute Gasteiger partial charge is 0.133 e. The maximum atomic E-state index is 11.5. The first-order valence-corrected chi connectivity index (χ1v) is 6.76. The highest BCUT2D eigenvalue weighted by atomic mass is 32.1. The summed E-state index contributed by atoms with van der Waals surface area (Å²) in [6.45, 7) is 0. The van der Waals surface area contributed by atoms with Gasteiger partial charge in [0, 0.05) is 17.7 Å². The molecule has 1 aliphatic rings. The zero-order valence-corrected chi connectivity index (χ0v) is 9.89. The number of carbonyl (C=O) groups excluding carboxylic acids is 1. The molecule has 1 aromatic rings. The summed E-state index contributed by atoms with van der Waals surface area (Å²) in [7, 11) is 0. The summed E-state index contributed by atoms with van der Waals surface area (Å²) in [5.74, 6) is 1.14. The second-order valence-electron chi connectivity index (χ2n) is 4.47. The van der Waals surface area contributed by atoms with Crippen LogP contribution < -0.4 is 0 Å². The van der Waals surface area contributed by atoms with Gasteiger partial charge in [0.25, 0.3) is 0 Å². The average molecular weight is 222 g/mol. The quantitative estimate of drug-likeness (QED) is 0.710. The summed E-state index contributed by atoms with van der Waals surface area (Å²) in [5.41, 5.74) is 0. The van der Waals surface area contributed by atoms with E-state index in [1.165, 1.54) is 24.1 Å². The van der Waals surface area contributed by atoms with Crippen LogP contribution in [0.4, 0.5) is 0 Å². The summed E-state index contributed by atoms with van der Waals surface area (Å²) < 4.78 is 0. The van der Waals surface area contributed by atoms with Gasteiger partial charge in [-0.1, -0.05) is 12.5 Å². The minimum absolute atomic E-state index is 0.490. The Balaban J connectivity index is 1.80. The Morgan fingerprint density at radius 2 is 2.33 bits per heavy atom. The van der Waals surface area contributed by atoms with Crippen molar-refractivity contribution in [2.24, 2.45) is 5.92 Å². The summed E-state index contributed by atoms with van der Waals surface area (Å²) in [5, 5.41) is 2.13. The highest BCUT2D eigenvalue weighted by molar-refractivity contribution is 7.09. The molecule has 0 N–H and O–H groups in total. The summed E-state index contributed by atoms with van der Waals surface area (Å²) >= 11 is 1.83. The van der Waals surface area contributed by atoms with Crippen LogP contribution in [0.5, 0.6) is 0 Å². The maximum Gasteiger partial charge on any atom is 0.133 e. The summed E-state index contributed by atoms with van der Waals surface area (Å²) in [6, 6.07) is 4.31. The molecule has 2 rings (SSSR count). The number of hydrogen-bond donors (Lipinski definition) is 0. The first kappa shape index (κ1) is 10.9. The number of carbonyl (C=O) groups is 1. The largest absolute Gasteiger partial charge is 0.300 e. The van der Waals surface area contributed by atoms with Gasteiger partial charge < -0.3 is 0 Å². The van der Waals surface area contributed by atoms with E-state index in [-0.39, 0.29) is 0 Å². The molecule has 1 fully saturated rings. The standard InChI is InChI=1S/C13H18OS/c14-12-5-2-1-4-11(10-12)7-8-13-6-3-9-15-13/h3,6,9,11H,1-2,4-5,7-8,10H2. The van der Waals surface area contributed by atoms with E-state index in [4.69, 9.17) is 0 Å². The Morgan fingerprint density at radius 3 is 3.13 bits per heavy atom. The molecule has 0 aromatic carbocycles. The van der Waals surface area contributed by atoms with Crippen LogP contribution in [0.25, 0.3) is 0 Å². The van der Waals surface area contributed by atoms with Crippen LogP contribution in [0, 0.1) is 5.92 Å². The van der Waals surface area contributed by atoms with Crippen molar-refractivity contribution >= 4 is 17.1 Å². The number of ketones is 1. The summed E-state index contributed by atoms with van der Waals surface area (Å²) in [4.78, 5) is 12.9. The lowest BCUT2D eigenvalue weighted by Crippen LogP contribution is -2.05. The van der Waals surface area contributed by atoms with Crippen LogP contribution in [-0.4, -0.2) is 5.78 Å². The van der Waals surface area contributed by atoms with Crippen molar-refractivity contribution in [2.75, 3.05) is 0 Å². The molecule has 2 heteroatoms. The molecule has 1 nitrogen and oxygen atoms in total. The lowest BCUT2D eigenvalue weighted by molar-refractivity contribution is -0.119. The second-order valence-corrected chi connectivity index (χ2v) is 5.50. The van der Waals surface area contributed by atoms with Gasteiger partial charge in [-0.05, 0) is 43.0 Å². The third-order valence-corrected chi connectivity index (χ3v) is 4.15. The van der Waals surface area contributed by atoms with Gasteiger partial charge in [-0.15, -0.1) is 11.3 Å². The molecule has 0 spiro atoms. The molecule has 1 unspecified atom stereocenters. The van der Waals surface area contributed by atoms with Crippen LogP contribution in [0.3, 0.4) is 0 Å². The lowest BCUT2D eigenvalue weighted by atomic mass is 9.94. The lowest BCUT2D eigenvalue weighted by Gasteiger charge is -2.11. The predicted molar refractivity (Wildman–Crippen MR) is 64.2 cm³/mol. The average Bonchev–Trinajstić information content (AvgIpc) is 2.65. The number of Topliss-reactive ketones (excluding diaryl/α,β-unsaturated/α-hetero) is 1. The van der Waals surface area contributed by atoms with E-state index in [2.05, 4.69) is 17.5 Å². The van der Waals surface area contributed by atoms with Gasteiger partial charge in [-0.3, -0.25) is 4.79 Å². The maximum absolute atomic E-state index is 11.5. The number of rotatable bonds is 3. The predicted octanol–water partition coefficient (Wildman–Crippen LogP) is 3.83. The Kier molecular flexibility index (Phi) is 3.95. The van der Waals surface area contributed by atoms with Gasteiger partial charge in [-0.2, -0.15) is 0 Å². The van der Waals surface area contributed by atoms with Gasteiger partial charge in [0.05, 0.1) is 0 Å². The Hall–Kier alpha value is -0.630. The normalized spacial score (nSPS) is 22.7. The van der Waals surface area contributed by atoms with Crippen molar-refractivity contribution in [1.29, 1.82) is 0 Å². The van der Waals surface area contributed by atoms with Crippen LogP contribution in [0.1, 0.15) is 43.4 Å². The molecule has 0 radical (unpaired) electrons. The summed E-state index contributed by atoms with van der Waals surface area (Å²) in [6.07, 6.45) is 7.66. The fourth-order valence-corrected chi connectivity index (χ4v) is 3.05. The van der Waals surface area contributed by atoms with Crippen molar-refractivity contribution in [1.82, 2.24) is 0 Å². The molecule has 1 atom stereocenters. The molecular weight excluding hydrogens is 204 g/mol.